The zero-order chi connectivity index (χ0) is 22.3. The van der Waals surface area contributed by atoms with E-state index in [2.05, 4.69) is 95.4 Å². The number of benzene rings is 1. The van der Waals surface area contributed by atoms with E-state index in [0.29, 0.717) is 11.6 Å². The van der Waals surface area contributed by atoms with Gasteiger partial charge in [-0.2, -0.15) is 5.10 Å². The molecule has 0 unspecified atom stereocenters. The van der Waals surface area contributed by atoms with Crippen molar-refractivity contribution in [2.45, 2.75) is 97.2 Å². The van der Waals surface area contributed by atoms with Gasteiger partial charge in [-0.05, 0) is 56.6 Å². The van der Waals surface area contributed by atoms with Crippen LogP contribution in [0.1, 0.15) is 96.1 Å². The minimum atomic E-state index is -0.405. The van der Waals surface area contributed by atoms with Crippen LogP contribution in [0.15, 0.2) is 30.5 Å². The molecule has 0 bridgehead atoms. The SMILES string of the molecule is CCC(CC)(NC(=O)c1cnn2c1N[C@@H](C)CC2(C)C)c1ccc(C(C)(C)C)cc1. The van der Waals surface area contributed by atoms with E-state index in [0.717, 1.165) is 30.6 Å². The van der Waals surface area contributed by atoms with Gasteiger partial charge in [-0.15, -0.1) is 0 Å². The Balaban J connectivity index is 1.93. The summed E-state index contributed by atoms with van der Waals surface area (Å²) in [6, 6.07) is 9.02. The Morgan fingerprint density at radius 3 is 2.27 bits per heavy atom. The second-order valence-corrected chi connectivity index (χ2v) is 10.5. The van der Waals surface area contributed by atoms with Crippen molar-refractivity contribution in [3.8, 4) is 0 Å². The van der Waals surface area contributed by atoms with E-state index < -0.39 is 5.54 Å². The minimum Gasteiger partial charge on any atom is -0.367 e. The maximum Gasteiger partial charge on any atom is 0.257 e. The molecule has 1 amide bonds. The Hall–Kier alpha value is -2.30. The molecule has 5 heteroatoms. The summed E-state index contributed by atoms with van der Waals surface area (Å²) in [5.41, 5.74) is 2.65. The lowest BCUT2D eigenvalue weighted by molar-refractivity contribution is 0.0890. The third-order valence-electron chi connectivity index (χ3n) is 6.64. The smallest absolute Gasteiger partial charge is 0.257 e. The van der Waals surface area contributed by atoms with Crippen LogP contribution in [0.4, 0.5) is 5.82 Å². The molecular formula is C25H38N4O. The first-order chi connectivity index (χ1) is 13.9. The van der Waals surface area contributed by atoms with Gasteiger partial charge in [0, 0.05) is 6.04 Å². The Morgan fingerprint density at radius 1 is 1.17 bits per heavy atom. The van der Waals surface area contributed by atoms with Crippen LogP contribution in [0.5, 0.6) is 0 Å². The summed E-state index contributed by atoms with van der Waals surface area (Å²) in [5.74, 6) is 0.748. The van der Waals surface area contributed by atoms with E-state index in [-0.39, 0.29) is 16.9 Å². The summed E-state index contributed by atoms with van der Waals surface area (Å²) in [6.45, 7) is 17.4. The minimum absolute atomic E-state index is 0.0720. The van der Waals surface area contributed by atoms with E-state index in [4.69, 9.17) is 0 Å². The van der Waals surface area contributed by atoms with Crippen LogP contribution in [-0.4, -0.2) is 21.7 Å². The maximum atomic E-state index is 13.4. The van der Waals surface area contributed by atoms with Crippen LogP contribution in [0.2, 0.25) is 0 Å². The van der Waals surface area contributed by atoms with Crippen molar-refractivity contribution in [2.75, 3.05) is 5.32 Å². The lowest BCUT2D eigenvalue weighted by atomic mass is 9.81. The summed E-state index contributed by atoms with van der Waals surface area (Å²) in [4.78, 5) is 13.4. The zero-order valence-corrected chi connectivity index (χ0v) is 19.9. The number of nitrogens with one attached hydrogen (secondary N) is 2. The molecule has 0 fully saturated rings. The third-order valence-corrected chi connectivity index (χ3v) is 6.64. The molecule has 5 nitrogen and oxygen atoms in total. The van der Waals surface area contributed by atoms with Gasteiger partial charge >= 0.3 is 0 Å². The molecule has 1 aliphatic heterocycles. The number of amides is 1. The number of fused-ring (bicyclic) bond motifs is 1. The van der Waals surface area contributed by atoms with Gasteiger partial charge in [-0.1, -0.05) is 58.9 Å². The van der Waals surface area contributed by atoms with E-state index in [1.807, 2.05) is 4.68 Å². The number of hydrogen-bond donors (Lipinski definition) is 2. The van der Waals surface area contributed by atoms with Crippen LogP contribution < -0.4 is 10.6 Å². The molecule has 164 valence electrons. The van der Waals surface area contributed by atoms with Crippen LogP contribution in [0.3, 0.4) is 0 Å². The quantitative estimate of drug-likeness (QED) is 0.678. The second-order valence-electron chi connectivity index (χ2n) is 10.5. The average molecular weight is 411 g/mol. The molecular weight excluding hydrogens is 372 g/mol. The fraction of sp³-hybridized carbons (Fsp3) is 0.600. The molecule has 0 aliphatic carbocycles. The Bertz CT molecular complexity index is 898. The largest absolute Gasteiger partial charge is 0.367 e. The predicted octanol–water partition coefficient (Wildman–Crippen LogP) is 5.57. The molecule has 1 atom stereocenters. The normalized spacial score (nSPS) is 18.5. The second kappa shape index (κ2) is 7.75. The molecule has 0 spiro atoms. The Labute approximate surface area is 181 Å². The summed E-state index contributed by atoms with van der Waals surface area (Å²) < 4.78 is 1.96. The predicted molar refractivity (Wildman–Crippen MR) is 124 cm³/mol. The van der Waals surface area contributed by atoms with Crippen molar-refractivity contribution in [1.29, 1.82) is 0 Å². The summed E-state index contributed by atoms with van der Waals surface area (Å²) in [5, 5.41) is 11.4. The standard InChI is InChI=1S/C25H38N4O/c1-9-25(10-2,19-13-11-18(12-14-19)23(4,5)6)28-22(30)20-16-26-29-21(20)27-17(3)15-24(29,7)8/h11-14,16-17,27H,9-10,15H2,1-8H3,(H,28,30)/t17-/m0/s1. The molecule has 2 N–H and O–H groups in total. The molecule has 1 aliphatic rings. The maximum absolute atomic E-state index is 13.4. The number of aromatic nitrogens is 2. The fourth-order valence-corrected chi connectivity index (χ4v) is 4.71. The monoisotopic (exact) mass is 410 g/mol. The van der Waals surface area contributed by atoms with Gasteiger partial charge in [0.1, 0.15) is 11.4 Å². The fourth-order valence-electron chi connectivity index (χ4n) is 4.71. The number of rotatable bonds is 5. The van der Waals surface area contributed by atoms with Gasteiger partial charge in [0.2, 0.25) is 0 Å². The number of carbonyl (C=O) groups excluding carboxylic acids is 1. The zero-order valence-electron chi connectivity index (χ0n) is 19.9. The van der Waals surface area contributed by atoms with Crippen molar-refractivity contribution in [2.24, 2.45) is 0 Å². The molecule has 3 rings (SSSR count). The summed E-state index contributed by atoms with van der Waals surface area (Å²) in [6.07, 6.45) is 4.32. The number of hydrogen-bond acceptors (Lipinski definition) is 3. The third kappa shape index (κ3) is 3.99. The first-order valence-electron chi connectivity index (χ1n) is 11.2. The number of carbonyl (C=O) groups is 1. The molecule has 30 heavy (non-hydrogen) atoms. The van der Waals surface area contributed by atoms with Gasteiger partial charge in [0.05, 0.1) is 17.3 Å². The van der Waals surface area contributed by atoms with Gasteiger partial charge in [-0.25, -0.2) is 4.68 Å². The number of nitrogens with zero attached hydrogens (tertiary/aromatic N) is 2. The van der Waals surface area contributed by atoms with Gasteiger partial charge in [-0.3, -0.25) is 4.79 Å². The van der Waals surface area contributed by atoms with Gasteiger partial charge in [0.15, 0.2) is 0 Å². The highest BCUT2D eigenvalue weighted by Gasteiger charge is 2.37. The van der Waals surface area contributed by atoms with Gasteiger partial charge < -0.3 is 10.6 Å². The van der Waals surface area contributed by atoms with E-state index in [1.165, 1.54) is 5.56 Å². The highest BCUT2D eigenvalue weighted by atomic mass is 16.1. The highest BCUT2D eigenvalue weighted by Crippen LogP contribution is 2.35. The number of anilines is 1. The van der Waals surface area contributed by atoms with Crippen molar-refractivity contribution in [1.82, 2.24) is 15.1 Å². The first-order valence-corrected chi connectivity index (χ1v) is 11.2. The van der Waals surface area contributed by atoms with Crippen LogP contribution in [0, 0.1) is 0 Å². The summed E-state index contributed by atoms with van der Waals surface area (Å²) in [7, 11) is 0. The molecule has 1 aromatic heterocycles. The van der Waals surface area contributed by atoms with Crippen molar-refractivity contribution in [3.05, 3.63) is 47.2 Å². The molecule has 0 saturated heterocycles. The van der Waals surface area contributed by atoms with Crippen molar-refractivity contribution in [3.63, 3.8) is 0 Å². The van der Waals surface area contributed by atoms with Crippen LogP contribution in [-0.2, 0) is 16.5 Å². The Morgan fingerprint density at radius 2 is 1.73 bits per heavy atom. The van der Waals surface area contributed by atoms with Crippen molar-refractivity contribution < 1.29 is 4.79 Å². The lowest BCUT2D eigenvalue weighted by Gasteiger charge is -2.37. The van der Waals surface area contributed by atoms with Crippen LogP contribution in [0.25, 0.3) is 0 Å². The topological polar surface area (TPSA) is 59.0 Å². The molecule has 2 heterocycles. The van der Waals surface area contributed by atoms with Crippen molar-refractivity contribution >= 4 is 11.7 Å². The first kappa shape index (κ1) is 22.4. The van der Waals surface area contributed by atoms with E-state index in [9.17, 15) is 4.79 Å². The Kier molecular flexibility index (Phi) is 5.78. The highest BCUT2D eigenvalue weighted by molar-refractivity contribution is 5.99. The lowest BCUT2D eigenvalue weighted by Crippen LogP contribution is -2.46. The van der Waals surface area contributed by atoms with E-state index >= 15 is 0 Å². The molecule has 1 aromatic carbocycles. The van der Waals surface area contributed by atoms with Gasteiger partial charge in [0.25, 0.3) is 5.91 Å². The molecule has 2 aromatic rings. The average Bonchev–Trinajstić information content (AvgIpc) is 3.10. The van der Waals surface area contributed by atoms with E-state index in [1.54, 1.807) is 6.20 Å². The molecule has 0 radical (unpaired) electrons. The van der Waals surface area contributed by atoms with Crippen LogP contribution >= 0.6 is 0 Å². The molecule has 0 saturated carbocycles. The summed E-state index contributed by atoms with van der Waals surface area (Å²) >= 11 is 0.